The first kappa shape index (κ1) is 24.9. The van der Waals surface area contributed by atoms with Gasteiger partial charge in [-0.3, -0.25) is 19.4 Å². The van der Waals surface area contributed by atoms with Crippen molar-refractivity contribution in [2.75, 3.05) is 10.6 Å². The number of carbonyl (C=O) groups excluding carboxylic acids is 2. The summed E-state index contributed by atoms with van der Waals surface area (Å²) >= 11 is 0.726. The summed E-state index contributed by atoms with van der Waals surface area (Å²) in [5, 5.41) is 11.0. The van der Waals surface area contributed by atoms with E-state index in [9.17, 15) is 31.9 Å². The minimum absolute atomic E-state index is 0.0261. The maximum absolute atomic E-state index is 13.9. The summed E-state index contributed by atoms with van der Waals surface area (Å²) < 4.78 is 54.5. The van der Waals surface area contributed by atoms with Gasteiger partial charge in [0.2, 0.25) is 11.8 Å². The fourth-order valence-corrected chi connectivity index (χ4v) is 3.72. The number of aromatic nitrogens is 3. The summed E-state index contributed by atoms with van der Waals surface area (Å²) in [4.78, 5) is 39.0. The zero-order chi connectivity index (χ0) is 25.0. The molecule has 0 bridgehead atoms. The van der Waals surface area contributed by atoms with Crippen LogP contribution < -0.4 is 16.2 Å². The quantitative estimate of drug-likeness (QED) is 0.260. The summed E-state index contributed by atoms with van der Waals surface area (Å²) in [6.07, 6.45) is 0.106. The van der Waals surface area contributed by atoms with Crippen molar-refractivity contribution in [1.82, 2.24) is 15.2 Å². The Kier molecular flexibility index (Phi) is 7.66. The van der Waals surface area contributed by atoms with Gasteiger partial charge in [0.25, 0.3) is 5.56 Å². The highest BCUT2D eigenvalue weighted by molar-refractivity contribution is 8.00. The number of anilines is 2. The third-order valence-corrected chi connectivity index (χ3v) is 5.69. The van der Waals surface area contributed by atoms with Gasteiger partial charge >= 0.3 is 0 Å². The molecule has 0 saturated heterocycles. The summed E-state index contributed by atoms with van der Waals surface area (Å²) in [6.45, 7) is 2.87. The standard InChI is InChI=1S/C21H17F4N5O3S/c1-3-14(19(32)27-18-15(24)11(22)8-12(23)16(18)25)34-21-28-20(33)17(29-30-21)10-6-4-5-7-13(10)26-9(2)31/h4-8,14H,3H2,1-2H3,(H,26,31)(H,27,32)(H,28,30,33). The van der Waals surface area contributed by atoms with Gasteiger partial charge in [-0.25, -0.2) is 17.6 Å². The summed E-state index contributed by atoms with van der Waals surface area (Å²) in [5.74, 6) is -8.16. The predicted molar refractivity (Wildman–Crippen MR) is 117 cm³/mol. The number of halogens is 4. The first-order valence-electron chi connectivity index (χ1n) is 9.76. The molecule has 1 unspecified atom stereocenters. The largest absolute Gasteiger partial charge is 0.326 e. The van der Waals surface area contributed by atoms with Crippen molar-refractivity contribution < 1.29 is 27.2 Å². The lowest BCUT2D eigenvalue weighted by atomic mass is 10.1. The monoisotopic (exact) mass is 495 g/mol. The predicted octanol–water partition coefficient (Wildman–Crippen LogP) is 3.86. The van der Waals surface area contributed by atoms with Gasteiger partial charge in [-0.15, -0.1) is 10.2 Å². The number of nitrogens with zero attached hydrogens (tertiary/aromatic N) is 2. The zero-order valence-corrected chi connectivity index (χ0v) is 18.5. The Morgan fingerprint density at radius 1 is 1.06 bits per heavy atom. The van der Waals surface area contributed by atoms with Crippen LogP contribution in [0.4, 0.5) is 28.9 Å². The zero-order valence-electron chi connectivity index (χ0n) is 17.7. The van der Waals surface area contributed by atoms with Crippen LogP contribution in [0.25, 0.3) is 11.3 Å². The van der Waals surface area contributed by atoms with Gasteiger partial charge < -0.3 is 10.6 Å². The Bertz CT molecular complexity index is 1290. The third-order valence-electron chi connectivity index (χ3n) is 4.45. The molecule has 1 atom stereocenters. The van der Waals surface area contributed by atoms with Crippen LogP contribution in [0.15, 0.2) is 40.3 Å². The average Bonchev–Trinajstić information content (AvgIpc) is 2.79. The first-order valence-corrected chi connectivity index (χ1v) is 10.6. The molecule has 0 saturated carbocycles. The van der Waals surface area contributed by atoms with Crippen LogP contribution in [0.1, 0.15) is 20.3 Å². The first-order chi connectivity index (χ1) is 16.1. The topological polar surface area (TPSA) is 117 Å². The smallest absolute Gasteiger partial charge is 0.278 e. The lowest BCUT2D eigenvalue weighted by molar-refractivity contribution is -0.116. The molecule has 8 nitrogen and oxygen atoms in total. The number of thioether (sulfide) groups is 1. The molecule has 0 aliphatic heterocycles. The van der Waals surface area contributed by atoms with E-state index in [1.165, 1.54) is 6.92 Å². The molecule has 2 aromatic carbocycles. The second-order valence-electron chi connectivity index (χ2n) is 6.88. The second kappa shape index (κ2) is 10.5. The van der Waals surface area contributed by atoms with E-state index in [-0.39, 0.29) is 29.2 Å². The van der Waals surface area contributed by atoms with Gasteiger partial charge in [-0.2, -0.15) is 0 Å². The summed E-state index contributed by atoms with van der Waals surface area (Å²) in [7, 11) is 0. The van der Waals surface area contributed by atoms with Crippen LogP contribution in [-0.2, 0) is 9.59 Å². The van der Waals surface area contributed by atoms with Gasteiger partial charge in [0.15, 0.2) is 34.1 Å². The molecule has 1 aromatic heterocycles. The molecule has 34 heavy (non-hydrogen) atoms. The SMILES string of the molecule is CCC(Sc1nnc(-c2ccccc2NC(C)=O)c(=O)[nH]1)C(=O)Nc1c(F)c(F)cc(F)c1F. The molecule has 0 aliphatic carbocycles. The highest BCUT2D eigenvalue weighted by Gasteiger charge is 2.26. The molecular weight excluding hydrogens is 478 g/mol. The number of carbonyl (C=O) groups is 2. The van der Waals surface area contributed by atoms with Crippen molar-refractivity contribution in [3.63, 3.8) is 0 Å². The highest BCUT2D eigenvalue weighted by atomic mass is 32.2. The minimum atomic E-state index is -1.75. The van der Waals surface area contributed by atoms with Crippen molar-refractivity contribution in [2.45, 2.75) is 30.7 Å². The Labute approximate surface area is 194 Å². The molecule has 178 valence electrons. The number of rotatable bonds is 7. The van der Waals surface area contributed by atoms with E-state index in [2.05, 4.69) is 20.5 Å². The molecule has 3 N–H and O–H groups in total. The molecule has 2 amide bonds. The fraction of sp³-hybridized carbons (Fsp3) is 0.190. The molecular formula is C21H17F4N5O3S. The summed E-state index contributed by atoms with van der Waals surface area (Å²) in [5.41, 5.74) is -1.37. The fourth-order valence-electron chi connectivity index (χ4n) is 2.88. The molecule has 13 heteroatoms. The highest BCUT2D eigenvalue weighted by Crippen LogP contribution is 2.28. The number of hydrogen-bond donors (Lipinski definition) is 3. The van der Waals surface area contributed by atoms with Crippen LogP contribution >= 0.6 is 11.8 Å². The second-order valence-corrected chi connectivity index (χ2v) is 8.07. The van der Waals surface area contributed by atoms with E-state index in [0.717, 1.165) is 11.8 Å². The maximum Gasteiger partial charge on any atom is 0.278 e. The third kappa shape index (κ3) is 5.42. The Balaban J connectivity index is 1.83. The maximum atomic E-state index is 13.9. The van der Waals surface area contributed by atoms with E-state index >= 15 is 0 Å². The number of hydrogen-bond acceptors (Lipinski definition) is 6. The number of H-pyrrole nitrogens is 1. The lowest BCUT2D eigenvalue weighted by Gasteiger charge is -2.15. The van der Waals surface area contributed by atoms with Gasteiger partial charge in [0, 0.05) is 18.6 Å². The molecule has 1 heterocycles. The van der Waals surface area contributed by atoms with Gasteiger partial charge in [-0.05, 0) is 12.5 Å². The molecule has 3 rings (SSSR count). The van der Waals surface area contributed by atoms with E-state index in [1.807, 2.05) is 5.32 Å². The van der Waals surface area contributed by atoms with E-state index < -0.39 is 45.7 Å². The number of aromatic amines is 1. The number of amides is 2. The molecule has 0 fully saturated rings. The van der Waals surface area contributed by atoms with Crippen molar-refractivity contribution in [1.29, 1.82) is 0 Å². The average molecular weight is 495 g/mol. The number of para-hydroxylation sites is 1. The minimum Gasteiger partial charge on any atom is -0.326 e. The van der Waals surface area contributed by atoms with Crippen molar-refractivity contribution in [2.24, 2.45) is 0 Å². The molecule has 3 aromatic rings. The molecule has 0 radical (unpaired) electrons. The molecule has 0 spiro atoms. The van der Waals surface area contributed by atoms with Crippen molar-refractivity contribution in [3.05, 3.63) is 64.0 Å². The van der Waals surface area contributed by atoms with Crippen LogP contribution in [0.3, 0.4) is 0 Å². The Morgan fingerprint density at radius 3 is 2.29 bits per heavy atom. The number of benzene rings is 2. The lowest BCUT2D eigenvalue weighted by Crippen LogP contribution is -2.27. The Hall–Kier alpha value is -3.74. The van der Waals surface area contributed by atoms with E-state index in [0.29, 0.717) is 11.3 Å². The summed E-state index contributed by atoms with van der Waals surface area (Å²) in [6, 6.07) is 6.45. The van der Waals surface area contributed by atoms with Crippen LogP contribution in [0, 0.1) is 23.3 Å². The van der Waals surface area contributed by atoms with Crippen LogP contribution in [0.5, 0.6) is 0 Å². The van der Waals surface area contributed by atoms with Crippen molar-refractivity contribution >= 4 is 35.0 Å². The van der Waals surface area contributed by atoms with Crippen molar-refractivity contribution in [3.8, 4) is 11.3 Å². The number of nitrogens with one attached hydrogen (secondary N) is 3. The van der Waals surface area contributed by atoms with Crippen LogP contribution in [0.2, 0.25) is 0 Å². The van der Waals surface area contributed by atoms with Gasteiger partial charge in [0.05, 0.1) is 10.9 Å². The normalized spacial score (nSPS) is 11.7. The van der Waals surface area contributed by atoms with E-state index in [4.69, 9.17) is 0 Å². The Morgan fingerprint density at radius 2 is 1.71 bits per heavy atom. The van der Waals surface area contributed by atoms with E-state index in [1.54, 1.807) is 31.2 Å². The van der Waals surface area contributed by atoms with Gasteiger partial charge in [-0.1, -0.05) is 36.9 Å². The van der Waals surface area contributed by atoms with Gasteiger partial charge in [0.1, 0.15) is 5.69 Å². The molecule has 0 aliphatic rings. The van der Waals surface area contributed by atoms with Crippen LogP contribution in [-0.4, -0.2) is 32.2 Å².